The van der Waals surface area contributed by atoms with Crippen LogP contribution >= 0.6 is 0 Å². The molecule has 4 aromatic carbocycles. The summed E-state index contributed by atoms with van der Waals surface area (Å²) >= 11 is 0. The minimum atomic E-state index is -0.972. The van der Waals surface area contributed by atoms with Crippen LogP contribution in [0.4, 0.5) is 0 Å². The highest BCUT2D eigenvalue weighted by molar-refractivity contribution is 5.78. The van der Waals surface area contributed by atoms with Gasteiger partial charge in [0.25, 0.3) is 0 Å². The Morgan fingerprint density at radius 2 is 1.62 bits per heavy atom. The van der Waals surface area contributed by atoms with Crippen molar-refractivity contribution in [2.75, 3.05) is 20.3 Å². The predicted octanol–water partition coefficient (Wildman–Crippen LogP) is 7.54. The highest BCUT2D eigenvalue weighted by Gasteiger charge is 2.24. The second-order valence-electron chi connectivity index (χ2n) is 10.6. The molecule has 1 aliphatic carbocycles. The molecule has 0 radical (unpaired) electrons. The smallest absolute Gasteiger partial charge is 0.333 e. The zero-order valence-corrected chi connectivity index (χ0v) is 24.3. The van der Waals surface area contributed by atoms with Crippen LogP contribution in [0.1, 0.15) is 64.0 Å². The molecule has 42 heavy (non-hydrogen) atoms. The molecule has 0 aromatic heterocycles. The average molecular weight is 563 g/mol. The van der Waals surface area contributed by atoms with Gasteiger partial charge in [0.2, 0.25) is 0 Å². The quantitative estimate of drug-likeness (QED) is 0.171. The third-order valence-electron chi connectivity index (χ3n) is 7.69. The van der Waals surface area contributed by atoms with Gasteiger partial charge in [-0.15, -0.1) is 0 Å². The topological polar surface area (TPSA) is 65.0 Å². The SMILES string of the molecule is CCCc1ccc2c(c1)C=Cc1c(Cc3ccccc3)cccc1C2OCCOc1ccc(CC(OC)C(=O)O)cc1. The van der Waals surface area contributed by atoms with E-state index >= 15 is 0 Å². The van der Waals surface area contributed by atoms with Crippen molar-refractivity contribution in [1.82, 2.24) is 0 Å². The molecule has 0 saturated heterocycles. The van der Waals surface area contributed by atoms with Crippen LogP contribution in [-0.2, 0) is 33.5 Å². The number of rotatable bonds is 13. The minimum Gasteiger partial charge on any atom is -0.491 e. The lowest BCUT2D eigenvalue weighted by atomic mass is 9.91. The lowest BCUT2D eigenvalue weighted by Gasteiger charge is -2.23. The first-order chi connectivity index (χ1) is 20.6. The normalized spacial score (nSPS) is 14.5. The number of carboxylic acid groups (broad SMARTS) is 1. The average Bonchev–Trinajstić information content (AvgIpc) is 3.16. The van der Waals surface area contributed by atoms with Gasteiger partial charge in [-0.25, -0.2) is 4.79 Å². The van der Waals surface area contributed by atoms with Crippen molar-refractivity contribution in [2.24, 2.45) is 0 Å². The van der Waals surface area contributed by atoms with E-state index < -0.39 is 12.1 Å². The van der Waals surface area contributed by atoms with Crippen LogP contribution in [0.3, 0.4) is 0 Å². The van der Waals surface area contributed by atoms with E-state index in [1.54, 1.807) is 0 Å². The third-order valence-corrected chi connectivity index (χ3v) is 7.69. The molecule has 0 spiro atoms. The number of carbonyl (C=O) groups is 1. The van der Waals surface area contributed by atoms with Crippen LogP contribution in [0, 0.1) is 0 Å². The van der Waals surface area contributed by atoms with E-state index in [2.05, 4.69) is 85.8 Å². The number of fused-ring (bicyclic) bond motifs is 2. The van der Waals surface area contributed by atoms with Crippen LogP contribution < -0.4 is 4.74 Å². The Labute approximate surface area is 248 Å². The number of aliphatic carboxylic acids is 1. The zero-order chi connectivity index (χ0) is 29.3. The summed E-state index contributed by atoms with van der Waals surface area (Å²) in [6.45, 7) is 3.01. The lowest BCUT2D eigenvalue weighted by Crippen LogP contribution is -2.24. The molecule has 0 saturated carbocycles. The number of aryl methyl sites for hydroxylation is 1. The van der Waals surface area contributed by atoms with Gasteiger partial charge in [0.1, 0.15) is 18.5 Å². The van der Waals surface area contributed by atoms with Gasteiger partial charge in [0.05, 0.1) is 6.61 Å². The second kappa shape index (κ2) is 14.1. The molecule has 4 aromatic rings. The standard InChI is InChI=1S/C37H38O5/c1-3-8-26-15-19-33-30(23-26)16-20-32-29(24-27-9-5-4-6-10-27)11-7-12-34(32)36(33)42-22-21-41-31-17-13-28(14-18-31)25-35(40-2)37(38)39/h4-7,9-20,23,35-36H,3,8,21-22,24-25H2,1-2H3,(H,38,39). The van der Waals surface area contributed by atoms with E-state index in [9.17, 15) is 9.90 Å². The van der Waals surface area contributed by atoms with Crippen molar-refractivity contribution in [3.05, 3.63) is 136 Å². The Balaban J connectivity index is 1.33. The number of methoxy groups -OCH3 is 1. The van der Waals surface area contributed by atoms with Crippen LogP contribution in [-0.4, -0.2) is 37.5 Å². The van der Waals surface area contributed by atoms with Crippen LogP contribution in [0.25, 0.3) is 12.2 Å². The maximum Gasteiger partial charge on any atom is 0.333 e. The molecule has 2 atom stereocenters. The summed E-state index contributed by atoms with van der Waals surface area (Å²) in [5.41, 5.74) is 9.51. The molecule has 0 aliphatic heterocycles. The molecule has 1 aliphatic rings. The monoisotopic (exact) mass is 562 g/mol. The van der Waals surface area contributed by atoms with E-state index in [1.165, 1.54) is 34.9 Å². The molecule has 0 heterocycles. The maximum atomic E-state index is 11.3. The fourth-order valence-electron chi connectivity index (χ4n) is 5.54. The number of benzene rings is 4. The van der Waals surface area contributed by atoms with Crippen LogP contribution in [0.2, 0.25) is 0 Å². The van der Waals surface area contributed by atoms with Crippen molar-refractivity contribution in [3.8, 4) is 5.75 Å². The molecule has 216 valence electrons. The van der Waals surface area contributed by atoms with Gasteiger partial charge in [-0.1, -0.05) is 104 Å². The van der Waals surface area contributed by atoms with Crippen molar-refractivity contribution < 1.29 is 24.1 Å². The van der Waals surface area contributed by atoms with Gasteiger partial charge in [-0.2, -0.15) is 0 Å². The number of carboxylic acids is 1. The van der Waals surface area contributed by atoms with E-state index in [4.69, 9.17) is 14.2 Å². The first-order valence-corrected chi connectivity index (χ1v) is 14.6. The van der Waals surface area contributed by atoms with E-state index in [1.807, 2.05) is 24.3 Å². The summed E-state index contributed by atoms with van der Waals surface area (Å²) in [4.78, 5) is 11.3. The van der Waals surface area contributed by atoms with Gasteiger partial charge >= 0.3 is 5.97 Å². The lowest BCUT2D eigenvalue weighted by molar-refractivity contribution is -0.148. The third kappa shape index (κ3) is 7.17. The number of hydrogen-bond donors (Lipinski definition) is 1. The Morgan fingerprint density at radius 1 is 0.833 bits per heavy atom. The molecule has 1 N–H and O–H groups in total. The molecule has 5 rings (SSSR count). The highest BCUT2D eigenvalue weighted by Crippen LogP contribution is 2.38. The van der Waals surface area contributed by atoms with E-state index in [0.717, 1.165) is 36.0 Å². The Hall–Kier alpha value is -4.19. The van der Waals surface area contributed by atoms with Gasteiger partial charge < -0.3 is 19.3 Å². The van der Waals surface area contributed by atoms with Gasteiger partial charge in [0.15, 0.2) is 6.10 Å². The Bertz CT molecular complexity index is 1510. The Morgan fingerprint density at radius 3 is 2.36 bits per heavy atom. The molecule has 5 nitrogen and oxygen atoms in total. The summed E-state index contributed by atoms with van der Waals surface area (Å²) in [6, 6.07) is 31.3. The van der Waals surface area contributed by atoms with Crippen LogP contribution in [0.15, 0.2) is 91.0 Å². The summed E-state index contributed by atoms with van der Waals surface area (Å²) in [6.07, 6.45) is 6.72. The number of ether oxygens (including phenoxy) is 3. The molecule has 2 unspecified atom stereocenters. The first-order valence-electron chi connectivity index (χ1n) is 14.6. The van der Waals surface area contributed by atoms with E-state index in [0.29, 0.717) is 25.4 Å². The number of hydrogen-bond acceptors (Lipinski definition) is 4. The van der Waals surface area contributed by atoms with Gasteiger partial charge in [-0.3, -0.25) is 0 Å². The largest absolute Gasteiger partial charge is 0.491 e. The Kier molecular flexibility index (Phi) is 9.86. The molecular weight excluding hydrogens is 524 g/mol. The van der Waals surface area contributed by atoms with Crippen molar-refractivity contribution in [3.63, 3.8) is 0 Å². The fourth-order valence-corrected chi connectivity index (χ4v) is 5.54. The summed E-state index contributed by atoms with van der Waals surface area (Å²) < 4.78 is 17.7. The van der Waals surface area contributed by atoms with Crippen molar-refractivity contribution in [1.29, 1.82) is 0 Å². The summed E-state index contributed by atoms with van der Waals surface area (Å²) in [5, 5.41) is 9.23. The molecule has 0 bridgehead atoms. The molecule has 0 fully saturated rings. The first kappa shape index (κ1) is 29.3. The molecule has 0 amide bonds. The van der Waals surface area contributed by atoms with Crippen LogP contribution in [0.5, 0.6) is 5.75 Å². The van der Waals surface area contributed by atoms with E-state index in [-0.39, 0.29) is 6.10 Å². The summed E-state index contributed by atoms with van der Waals surface area (Å²) in [7, 11) is 1.41. The zero-order valence-electron chi connectivity index (χ0n) is 24.3. The molecular formula is C37H38O5. The summed E-state index contributed by atoms with van der Waals surface area (Å²) in [5.74, 6) is -0.259. The maximum absolute atomic E-state index is 11.3. The highest BCUT2D eigenvalue weighted by atomic mass is 16.5. The van der Waals surface area contributed by atoms with Gasteiger partial charge in [-0.05, 0) is 69.5 Å². The fraction of sp³-hybridized carbons (Fsp3) is 0.270. The predicted molar refractivity (Wildman–Crippen MR) is 167 cm³/mol. The minimum absolute atomic E-state index is 0.218. The van der Waals surface area contributed by atoms with Gasteiger partial charge in [0, 0.05) is 13.5 Å². The van der Waals surface area contributed by atoms with Crippen molar-refractivity contribution in [2.45, 2.75) is 44.8 Å². The molecule has 5 heteroatoms. The second-order valence-corrected chi connectivity index (χ2v) is 10.6. The van der Waals surface area contributed by atoms with Crippen molar-refractivity contribution >= 4 is 18.1 Å².